The molecule has 1 nitrogen and oxygen atoms in total. The van der Waals surface area contributed by atoms with Gasteiger partial charge in [-0.15, -0.1) is 23.5 Å². The number of rotatable bonds is 2. The molecule has 0 aromatic heterocycles. The standard InChI is InChI=1S/C9H19NS2/c1-6(2)5-9-11-7(3)10-8(4)12-9/h6-10H,5H2,1-4H3/t7-,8-/m0/s1. The van der Waals surface area contributed by atoms with E-state index in [-0.39, 0.29) is 0 Å². The zero-order chi connectivity index (χ0) is 9.14. The van der Waals surface area contributed by atoms with Crippen LogP contribution in [0.15, 0.2) is 0 Å². The van der Waals surface area contributed by atoms with Gasteiger partial charge in [0.2, 0.25) is 0 Å². The van der Waals surface area contributed by atoms with Crippen LogP contribution in [0.25, 0.3) is 0 Å². The fourth-order valence-electron chi connectivity index (χ4n) is 1.39. The Balaban J connectivity index is 2.34. The molecule has 1 saturated heterocycles. The molecule has 1 fully saturated rings. The molecule has 0 aromatic carbocycles. The maximum absolute atomic E-state index is 3.51. The molecule has 1 N–H and O–H groups in total. The van der Waals surface area contributed by atoms with Crippen molar-refractivity contribution in [3.63, 3.8) is 0 Å². The Morgan fingerprint density at radius 1 is 1.17 bits per heavy atom. The van der Waals surface area contributed by atoms with Crippen molar-refractivity contribution in [2.24, 2.45) is 5.92 Å². The van der Waals surface area contributed by atoms with E-state index in [4.69, 9.17) is 0 Å². The lowest BCUT2D eigenvalue weighted by atomic mass is 10.2. The van der Waals surface area contributed by atoms with Crippen molar-refractivity contribution in [2.45, 2.75) is 49.4 Å². The van der Waals surface area contributed by atoms with E-state index in [0.29, 0.717) is 10.7 Å². The lowest BCUT2D eigenvalue weighted by molar-refractivity contribution is 0.603. The molecule has 1 aliphatic heterocycles. The second kappa shape index (κ2) is 4.77. The molecular weight excluding hydrogens is 186 g/mol. The SMILES string of the molecule is CC(C)CC1S[C@@H](C)N[C@H](C)S1. The highest BCUT2D eigenvalue weighted by Crippen LogP contribution is 2.37. The minimum Gasteiger partial charge on any atom is -0.294 e. The second-order valence-electron chi connectivity index (χ2n) is 3.78. The highest BCUT2D eigenvalue weighted by atomic mass is 32.2. The Hall–Kier alpha value is 0.660. The first-order valence-corrected chi connectivity index (χ1v) is 6.53. The van der Waals surface area contributed by atoms with Crippen molar-refractivity contribution in [1.29, 1.82) is 0 Å². The Morgan fingerprint density at radius 2 is 1.67 bits per heavy atom. The Bertz CT molecular complexity index is 126. The molecule has 0 bridgehead atoms. The monoisotopic (exact) mass is 205 g/mol. The molecule has 0 amide bonds. The molecule has 0 aliphatic carbocycles. The summed E-state index contributed by atoms with van der Waals surface area (Å²) in [6.07, 6.45) is 1.34. The first-order chi connectivity index (χ1) is 5.58. The van der Waals surface area contributed by atoms with E-state index in [1.807, 2.05) is 0 Å². The van der Waals surface area contributed by atoms with Crippen molar-refractivity contribution in [2.75, 3.05) is 0 Å². The summed E-state index contributed by atoms with van der Waals surface area (Å²) < 4.78 is 0.802. The minimum atomic E-state index is 0.630. The number of thioether (sulfide) groups is 2. The fourth-order valence-corrected chi connectivity index (χ4v) is 5.20. The summed E-state index contributed by atoms with van der Waals surface area (Å²) in [5.74, 6) is 0.826. The summed E-state index contributed by atoms with van der Waals surface area (Å²) in [7, 11) is 0. The molecule has 72 valence electrons. The summed E-state index contributed by atoms with van der Waals surface area (Å²) in [5, 5.41) is 4.77. The Morgan fingerprint density at radius 3 is 2.08 bits per heavy atom. The van der Waals surface area contributed by atoms with Gasteiger partial charge in [0.1, 0.15) is 0 Å². The largest absolute Gasteiger partial charge is 0.294 e. The maximum Gasteiger partial charge on any atom is 0.0536 e. The molecule has 0 spiro atoms. The van der Waals surface area contributed by atoms with E-state index in [2.05, 4.69) is 56.5 Å². The van der Waals surface area contributed by atoms with Crippen LogP contribution in [0.3, 0.4) is 0 Å². The van der Waals surface area contributed by atoms with Crippen LogP contribution in [0, 0.1) is 5.92 Å². The van der Waals surface area contributed by atoms with Crippen LogP contribution in [0.4, 0.5) is 0 Å². The van der Waals surface area contributed by atoms with E-state index in [0.717, 1.165) is 10.5 Å². The highest BCUT2D eigenvalue weighted by molar-refractivity contribution is 8.18. The lowest BCUT2D eigenvalue weighted by Crippen LogP contribution is -2.37. The van der Waals surface area contributed by atoms with Crippen LogP contribution in [0.2, 0.25) is 0 Å². The van der Waals surface area contributed by atoms with Crippen molar-refractivity contribution in [3.8, 4) is 0 Å². The van der Waals surface area contributed by atoms with Gasteiger partial charge in [0.25, 0.3) is 0 Å². The fraction of sp³-hybridized carbons (Fsp3) is 1.00. The van der Waals surface area contributed by atoms with Crippen LogP contribution in [-0.2, 0) is 0 Å². The molecule has 1 aliphatic rings. The summed E-state index contributed by atoms with van der Waals surface area (Å²) in [6.45, 7) is 9.12. The number of hydrogen-bond donors (Lipinski definition) is 1. The first kappa shape index (κ1) is 10.7. The average Bonchev–Trinajstić information content (AvgIpc) is 1.81. The highest BCUT2D eigenvalue weighted by Gasteiger charge is 2.24. The molecule has 0 unspecified atom stereocenters. The normalized spacial score (nSPS) is 37.2. The minimum absolute atomic E-state index is 0.630. The average molecular weight is 205 g/mol. The van der Waals surface area contributed by atoms with Gasteiger partial charge >= 0.3 is 0 Å². The van der Waals surface area contributed by atoms with Crippen molar-refractivity contribution in [1.82, 2.24) is 5.32 Å². The van der Waals surface area contributed by atoms with Crippen LogP contribution in [0.1, 0.15) is 34.1 Å². The van der Waals surface area contributed by atoms with Crippen LogP contribution in [-0.4, -0.2) is 15.3 Å². The third-order valence-electron chi connectivity index (χ3n) is 1.85. The summed E-state index contributed by atoms with van der Waals surface area (Å²) in [4.78, 5) is 0. The molecule has 0 saturated carbocycles. The Kier molecular flexibility index (Phi) is 4.27. The van der Waals surface area contributed by atoms with Gasteiger partial charge in [-0.05, 0) is 26.2 Å². The molecule has 3 heteroatoms. The van der Waals surface area contributed by atoms with Crippen molar-refractivity contribution < 1.29 is 0 Å². The van der Waals surface area contributed by atoms with Crippen molar-refractivity contribution in [3.05, 3.63) is 0 Å². The van der Waals surface area contributed by atoms with E-state index in [1.165, 1.54) is 6.42 Å². The molecular formula is C9H19NS2. The third-order valence-corrected chi connectivity index (χ3v) is 4.59. The number of hydrogen-bond acceptors (Lipinski definition) is 3. The van der Waals surface area contributed by atoms with E-state index in [1.54, 1.807) is 0 Å². The molecule has 1 heterocycles. The molecule has 1 rings (SSSR count). The zero-order valence-electron chi connectivity index (χ0n) is 8.33. The zero-order valence-corrected chi connectivity index (χ0v) is 9.97. The number of nitrogens with one attached hydrogen (secondary N) is 1. The van der Waals surface area contributed by atoms with Gasteiger partial charge in [-0.25, -0.2) is 0 Å². The van der Waals surface area contributed by atoms with Gasteiger partial charge in [-0.3, -0.25) is 5.32 Å². The third kappa shape index (κ3) is 3.58. The Labute approximate surface area is 84.4 Å². The maximum atomic E-state index is 3.51. The van der Waals surface area contributed by atoms with Gasteiger partial charge in [0.05, 0.1) is 15.3 Å². The topological polar surface area (TPSA) is 12.0 Å². The van der Waals surface area contributed by atoms with Gasteiger partial charge in [-0.1, -0.05) is 13.8 Å². The van der Waals surface area contributed by atoms with Crippen molar-refractivity contribution >= 4 is 23.5 Å². The molecule has 12 heavy (non-hydrogen) atoms. The molecule has 2 atom stereocenters. The van der Waals surface area contributed by atoms with E-state index >= 15 is 0 Å². The second-order valence-corrected chi connectivity index (χ2v) is 7.18. The van der Waals surface area contributed by atoms with Gasteiger partial charge < -0.3 is 0 Å². The summed E-state index contributed by atoms with van der Waals surface area (Å²) >= 11 is 4.14. The summed E-state index contributed by atoms with van der Waals surface area (Å²) in [6, 6.07) is 0. The molecule has 0 radical (unpaired) electrons. The lowest BCUT2D eigenvalue weighted by Gasteiger charge is -2.32. The smallest absolute Gasteiger partial charge is 0.0536 e. The predicted octanol–water partition coefficient (Wildman–Crippen LogP) is 3.12. The van der Waals surface area contributed by atoms with Crippen LogP contribution >= 0.6 is 23.5 Å². The molecule has 0 aromatic rings. The van der Waals surface area contributed by atoms with Gasteiger partial charge in [0, 0.05) is 0 Å². The van der Waals surface area contributed by atoms with Gasteiger partial charge in [-0.2, -0.15) is 0 Å². The van der Waals surface area contributed by atoms with Gasteiger partial charge in [0.15, 0.2) is 0 Å². The summed E-state index contributed by atoms with van der Waals surface area (Å²) in [5.41, 5.74) is 0. The van der Waals surface area contributed by atoms with Crippen LogP contribution in [0.5, 0.6) is 0 Å². The van der Waals surface area contributed by atoms with E-state index < -0.39 is 0 Å². The first-order valence-electron chi connectivity index (χ1n) is 4.65. The predicted molar refractivity (Wildman–Crippen MR) is 60.5 cm³/mol. The van der Waals surface area contributed by atoms with E-state index in [9.17, 15) is 0 Å². The quantitative estimate of drug-likeness (QED) is 0.744. The van der Waals surface area contributed by atoms with Crippen LogP contribution < -0.4 is 5.32 Å².